The first-order valence-corrected chi connectivity index (χ1v) is 17.9. The lowest BCUT2D eigenvalue weighted by atomic mass is 10.0. The van der Waals surface area contributed by atoms with Gasteiger partial charge in [-0.1, -0.05) is 167 Å². The Bertz CT molecular complexity index is 423. The fourth-order valence-corrected chi connectivity index (χ4v) is 5.90. The molecule has 0 saturated heterocycles. The number of hydrogen-bond donors (Lipinski definition) is 0. The number of isothiocyanates is 1. The molecule has 0 aliphatic rings. The van der Waals surface area contributed by atoms with Gasteiger partial charge in [0.05, 0.1) is 26.2 Å². The molecule has 0 aromatic rings. The van der Waals surface area contributed by atoms with E-state index in [0.29, 0.717) is 0 Å². The standard InChI is InChI=1S/C34H72N.CNS/c1-5-9-11-13-15-17-19-21-23-25-27-29-31-33-35(7-3,8-4)34-32-30-28-26-24-22-20-18-16-14-12-10-6-2;2-1-3/h5-34H2,1-4H3;/q+1;-1. The summed E-state index contributed by atoms with van der Waals surface area (Å²) in [7, 11) is 0. The van der Waals surface area contributed by atoms with E-state index in [1.165, 1.54) is 203 Å². The molecule has 0 unspecified atom stereocenters. The van der Waals surface area contributed by atoms with Crippen molar-refractivity contribution in [3.63, 3.8) is 0 Å². The van der Waals surface area contributed by atoms with Crippen molar-refractivity contribution in [2.45, 2.75) is 195 Å². The molecule has 2 nitrogen and oxygen atoms in total. The highest BCUT2D eigenvalue weighted by Gasteiger charge is 2.21. The summed E-state index contributed by atoms with van der Waals surface area (Å²) < 4.78 is 1.38. The maximum atomic E-state index is 7.13. The molecule has 0 heterocycles. The van der Waals surface area contributed by atoms with E-state index in [1.54, 1.807) is 0 Å². The Labute approximate surface area is 247 Å². The van der Waals surface area contributed by atoms with Crippen molar-refractivity contribution in [1.82, 2.24) is 0 Å². The molecule has 0 N–H and O–H groups in total. The minimum atomic E-state index is 1.33. The first-order chi connectivity index (χ1) is 18.7. The number of thiocarbonyl (C=S) groups is 1. The zero-order chi connectivity index (χ0) is 28.4. The molecule has 0 fully saturated rings. The van der Waals surface area contributed by atoms with Crippen LogP contribution in [0.3, 0.4) is 0 Å². The van der Waals surface area contributed by atoms with Gasteiger partial charge in [-0.3, -0.25) is 0 Å². The van der Waals surface area contributed by atoms with Crippen LogP contribution in [-0.2, 0) is 0 Å². The van der Waals surface area contributed by atoms with Crippen LogP contribution in [0.1, 0.15) is 195 Å². The number of quaternary nitrogens is 1. The molecule has 228 valence electrons. The Hall–Kier alpha value is -0.240. The lowest BCUT2D eigenvalue weighted by Gasteiger charge is -2.37. The number of unbranched alkanes of at least 4 members (excludes halogenated alkanes) is 24. The average Bonchev–Trinajstić information content (AvgIpc) is 2.93. The van der Waals surface area contributed by atoms with E-state index >= 15 is 0 Å². The molecule has 38 heavy (non-hydrogen) atoms. The summed E-state index contributed by atoms with van der Waals surface area (Å²) in [5, 5.41) is 8.47. The molecule has 0 aliphatic carbocycles. The fourth-order valence-electron chi connectivity index (χ4n) is 5.90. The van der Waals surface area contributed by atoms with Gasteiger partial charge in [-0.2, -0.15) is 5.16 Å². The molecule has 0 spiro atoms. The molecule has 0 radical (unpaired) electrons. The molecule has 0 aromatic heterocycles. The highest BCUT2D eigenvalue weighted by molar-refractivity contribution is 7.78. The normalized spacial score (nSPS) is 11.3. The summed E-state index contributed by atoms with van der Waals surface area (Å²) in [4.78, 5) is 0. The summed E-state index contributed by atoms with van der Waals surface area (Å²) >= 11 is 3.70. The van der Waals surface area contributed by atoms with Crippen LogP contribution in [0.4, 0.5) is 0 Å². The zero-order valence-corrected chi connectivity index (χ0v) is 27.8. The molecule has 0 saturated carbocycles. The second-order valence-corrected chi connectivity index (χ2v) is 12.2. The highest BCUT2D eigenvalue weighted by Crippen LogP contribution is 2.17. The number of nitrogens with zero attached hydrogens (tertiary/aromatic N) is 2. The topological polar surface area (TPSA) is 22.3 Å². The van der Waals surface area contributed by atoms with Crippen LogP contribution in [-0.4, -0.2) is 35.8 Å². The van der Waals surface area contributed by atoms with Crippen molar-refractivity contribution in [1.29, 1.82) is 0 Å². The third-order valence-electron chi connectivity index (χ3n) is 8.81. The second-order valence-electron chi connectivity index (χ2n) is 12.0. The molecule has 0 bridgehead atoms. The zero-order valence-electron chi connectivity index (χ0n) is 27.0. The summed E-state index contributed by atoms with van der Waals surface area (Å²) in [6.45, 7) is 15.0. The maximum Gasteiger partial charge on any atom is 0.0786 e. The lowest BCUT2D eigenvalue weighted by molar-refractivity contribution is -0.925. The van der Waals surface area contributed by atoms with Crippen LogP contribution in [0, 0.1) is 0 Å². The highest BCUT2D eigenvalue weighted by atomic mass is 32.1. The van der Waals surface area contributed by atoms with Crippen LogP contribution in [0.15, 0.2) is 0 Å². The third-order valence-corrected chi connectivity index (χ3v) is 8.81. The fraction of sp³-hybridized carbons (Fsp3) is 0.971. The van der Waals surface area contributed by atoms with Gasteiger partial charge in [0.1, 0.15) is 0 Å². The maximum absolute atomic E-state index is 7.13. The molecule has 0 amide bonds. The monoisotopic (exact) mass is 553 g/mol. The van der Waals surface area contributed by atoms with E-state index in [1.807, 2.05) is 0 Å². The first-order valence-electron chi connectivity index (χ1n) is 17.5. The Morgan fingerprint density at radius 3 is 0.763 bits per heavy atom. The van der Waals surface area contributed by atoms with E-state index in [9.17, 15) is 0 Å². The van der Waals surface area contributed by atoms with E-state index in [0.717, 1.165) is 0 Å². The lowest BCUT2D eigenvalue weighted by Crippen LogP contribution is -2.49. The predicted octanol–water partition coefficient (Wildman–Crippen LogP) is 12.7. The van der Waals surface area contributed by atoms with Crippen LogP contribution in [0.25, 0.3) is 5.41 Å². The smallest absolute Gasteiger partial charge is 0.0786 e. The van der Waals surface area contributed by atoms with Crippen molar-refractivity contribution in [2.24, 2.45) is 0 Å². The quantitative estimate of drug-likeness (QED) is 0.0376. The molecule has 0 aromatic carbocycles. The molecule has 0 aliphatic heterocycles. The van der Waals surface area contributed by atoms with Gasteiger partial charge in [-0.15, -0.1) is 0 Å². The Morgan fingerprint density at radius 1 is 0.395 bits per heavy atom. The number of rotatable bonds is 30. The van der Waals surface area contributed by atoms with Crippen molar-refractivity contribution in [3.8, 4) is 0 Å². The van der Waals surface area contributed by atoms with Crippen LogP contribution >= 0.6 is 12.2 Å². The Kier molecular flexibility index (Phi) is 36.5. The summed E-state index contributed by atoms with van der Waals surface area (Å²) in [6.07, 6.45) is 38.1. The van der Waals surface area contributed by atoms with Gasteiger partial charge < -0.3 is 9.89 Å². The van der Waals surface area contributed by atoms with Crippen LogP contribution in [0.5, 0.6) is 0 Å². The first kappa shape index (κ1) is 39.9. The van der Waals surface area contributed by atoms with Gasteiger partial charge in [0.2, 0.25) is 0 Å². The van der Waals surface area contributed by atoms with Crippen molar-refractivity contribution >= 4 is 17.4 Å². The molecular weight excluding hydrogens is 480 g/mol. The van der Waals surface area contributed by atoms with Gasteiger partial charge in [0.25, 0.3) is 0 Å². The van der Waals surface area contributed by atoms with Crippen LogP contribution < -0.4 is 0 Å². The van der Waals surface area contributed by atoms with Gasteiger partial charge in [-0.05, 0) is 39.5 Å². The summed E-state index contributed by atoms with van der Waals surface area (Å²) in [6, 6.07) is 0. The van der Waals surface area contributed by atoms with Gasteiger partial charge in [-0.25, -0.2) is 0 Å². The minimum Gasteiger partial charge on any atom is -0.753 e. The van der Waals surface area contributed by atoms with E-state index < -0.39 is 0 Å². The Morgan fingerprint density at radius 2 is 0.579 bits per heavy atom. The molecule has 0 atom stereocenters. The van der Waals surface area contributed by atoms with Crippen molar-refractivity contribution < 1.29 is 4.48 Å². The van der Waals surface area contributed by atoms with Crippen molar-refractivity contribution in [3.05, 3.63) is 5.41 Å². The minimum absolute atomic E-state index is 1.33. The third kappa shape index (κ3) is 30.3. The largest absolute Gasteiger partial charge is 0.753 e. The van der Waals surface area contributed by atoms with Gasteiger partial charge in [0.15, 0.2) is 0 Å². The van der Waals surface area contributed by atoms with Gasteiger partial charge >= 0.3 is 0 Å². The Balaban J connectivity index is 0. The van der Waals surface area contributed by atoms with Crippen molar-refractivity contribution in [2.75, 3.05) is 26.2 Å². The molecule has 3 heteroatoms. The molecular formula is C35H72N2S. The SMILES string of the molecule is CCCCCCCCCCCCCCC[N+](CC)(CC)CCCCCCCCCCCCCCC.[N-]=C=S. The van der Waals surface area contributed by atoms with E-state index in [4.69, 9.17) is 5.41 Å². The van der Waals surface area contributed by atoms with E-state index in [-0.39, 0.29) is 0 Å². The van der Waals surface area contributed by atoms with E-state index in [2.05, 4.69) is 39.9 Å². The predicted molar refractivity (Wildman–Crippen MR) is 178 cm³/mol. The summed E-state index contributed by atoms with van der Waals surface area (Å²) in [5.74, 6) is 0. The van der Waals surface area contributed by atoms with Crippen LogP contribution in [0.2, 0.25) is 0 Å². The van der Waals surface area contributed by atoms with Gasteiger partial charge in [0, 0.05) is 0 Å². The second kappa shape index (κ2) is 34.8. The molecule has 0 rings (SSSR count). The average molecular weight is 553 g/mol. The summed E-state index contributed by atoms with van der Waals surface area (Å²) in [5.41, 5.74) is 0. The number of hydrogen-bond acceptors (Lipinski definition) is 1.